The fourth-order valence-electron chi connectivity index (χ4n) is 7.66. The molecule has 0 aliphatic carbocycles. The summed E-state index contributed by atoms with van der Waals surface area (Å²) in [5.74, 6) is -1.99. The number of carboxylic acids is 1. The van der Waals surface area contributed by atoms with Gasteiger partial charge < -0.3 is 28.5 Å². The first-order valence-corrected chi connectivity index (χ1v) is 26.4. The largest absolute Gasteiger partial charge is 0.477 e. The predicted octanol–water partition coefficient (Wildman–Crippen LogP) is 14.6. The van der Waals surface area contributed by atoms with E-state index in [1.807, 2.05) is 21.1 Å². The van der Waals surface area contributed by atoms with E-state index in [0.29, 0.717) is 17.4 Å². The molecule has 9 nitrogen and oxygen atoms in total. The Hall–Kier alpha value is -1.97. The lowest BCUT2D eigenvalue weighted by atomic mass is 10.0. The van der Waals surface area contributed by atoms with Crippen LogP contribution < -0.4 is 0 Å². The van der Waals surface area contributed by atoms with Crippen molar-refractivity contribution in [2.75, 3.05) is 47.5 Å². The molecule has 0 aliphatic heterocycles. The topological polar surface area (TPSA) is 108 Å². The summed E-state index contributed by atoms with van der Waals surface area (Å²) in [6.45, 7) is 4.91. The number of quaternary nitrogens is 1. The van der Waals surface area contributed by atoms with E-state index in [-0.39, 0.29) is 32.2 Å². The molecule has 0 saturated carbocycles. The van der Waals surface area contributed by atoms with Gasteiger partial charge in [-0.1, -0.05) is 212 Å². The summed E-state index contributed by atoms with van der Waals surface area (Å²) in [5.41, 5.74) is 0. The van der Waals surface area contributed by atoms with Crippen LogP contribution in [-0.2, 0) is 33.3 Å². The summed E-state index contributed by atoms with van der Waals surface area (Å²) in [7, 11) is 5.97. The molecule has 0 aliphatic rings. The number of carbonyl (C=O) groups is 3. The highest BCUT2D eigenvalue weighted by Gasteiger charge is 2.25. The molecule has 0 saturated heterocycles. The van der Waals surface area contributed by atoms with Crippen molar-refractivity contribution in [3.8, 4) is 0 Å². The Bertz CT molecular complexity index is 1030. The monoisotopic (exact) mass is 881 g/mol. The molecular formula is C53H102NO8+. The third kappa shape index (κ3) is 46.0. The molecule has 0 radical (unpaired) electrons. The third-order valence-electron chi connectivity index (χ3n) is 11.8. The predicted molar refractivity (Wildman–Crippen MR) is 258 cm³/mol. The second-order valence-electron chi connectivity index (χ2n) is 19.2. The molecule has 0 rings (SSSR count). The van der Waals surface area contributed by atoms with Crippen molar-refractivity contribution in [1.29, 1.82) is 0 Å². The van der Waals surface area contributed by atoms with Gasteiger partial charge in [-0.2, -0.15) is 0 Å². The highest BCUT2D eigenvalue weighted by Crippen LogP contribution is 2.16. The number of ether oxygens (including phenoxy) is 4. The van der Waals surface area contributed by atoms with E-state index in [4.69, 9.17) is 18.9 Å². The van der Waals surface area contributed by atoms with Gasteiger partial charge in [0.1, 0.15) is 13.2 Å². The highest BCUT2D eigenvalue weighted by atomic mass is 16.7. The van der Waals surface area contributed by atoms with Crippen LogP contribution in [0.1, 0.15) is 251 Å². The van der Waals surface area contributed by atoms with Gasteiger partial charge in [-0.05, 0) is 38.5 Å². The van der Waals surface area contributed by atoms with Crippen molar-refractivity contribution < 1.29 is 42.9 Å². The van der Waals surface area contributed by atoms with Crippen LogP contribution in [-0.4, -0.2) is 87.4 Å². The number of unbranched alkanes of at least 4 members (excludes halogenated alkanes) is 32. The van der Waals surface area contributed by atoms with Gasteiger partial charge in [-0.15, -0.1) is 0 Å². The first kappa shape index (κ1) is 60.0. The SMILES string of the molecule is CCCCCCCC/C=C\CCCCCCCCCC(=O)OC(COC(=O)CCCCCCCCCCCCCCCCCCCCCC)COC(OCC[N+](C)(C)C)C(=O)O. The number of esters is 2. The Morgan fingerprint density at radius 3 is 1.19 bits per heavy atom. The molecule has 0 aromatic heterocycles. The molecule has 2 atom stereocenters. The van der Waals surface area contributed by atoms with Crippen molar-refractivity contribution in [2.45, 2.75) is 264 Å². The zero-order valence-corrected chi connectivity index (χ0v) is 41.6. The van der Waals surface area contributed by atoms with Crippen molar-refractivity contribution in [3.05, 3.63) is 12.2 Å². The van der Waals surface area contributed by atoms with Crippen LogP contribution in [0, 0.1) is 0 Å². The smallest absolute Gasteiger partial charge is 0.361 e. The van der Waals surface area contributed by atoms with Gasteiger partial charge in [0, 0.05) is 12.8 Å². The van der Waals surface area contributed by atoms with Crippen molar-refractivity contribution in [3.63, 3.8) is 0 Å². The summed E-state index contributed by atoms with van der Waals surface area (Å²) in [5, 5.41) is 9.67. The number of allylic oxidation sites excluding steroid dienone is 2. The van der Waals surface area contributed by atoms with Gasteiger partial charge >= 0.3 is 17.9 Å². The summed E-state index contributed by atoms with van der Waals surface area (Å²) in [6.07, 6.45) is 47.0. The first-order valence-electron chi connectivity index (χ1n) is 26.4. The molecule has 1 N–H and O–H groups in total. The van der Waals surface area contributed by atoms with Gasteiger partial charge in [0.2, 0.25) is 0 Å². The van der Waals surface area contributed by atoms with E-state index in [9.17, 15) is 19.5 Å². The number of hydrogen-bond donors (Lipinski definition) is 1. The van der Waals surface area contributed by atoms with Crippen LogP contribution in [0.15, 0.2) is 12.2 Å². The summed E-state index contributed by atoms with van der Waals surface area (Å²) in [4.78, 5) is 37.3. The molecule has 0 spiro atoms. The van der Waals surface area contributed by atoms with E-state index >= 15 is 0 Å². The van der Waals surface area contributed by atoms with E-state index < -0.39 is 24.3 Å². The number of hydrogen-bond acceptors (Lipinski definition) is 7. The van der Waals surface area contributed by atoms with Gasteiger partial charge in [0.15, 0.2) is 6.10 Å². The van der Waals surface area contributed by atoms with Crippen LogP contribution in [0.5, 0.6) is 0 Å². The molecule has 2 unspecified atom stereocenters. The molecular weight excluding hydrogens is 779 g/mol. The van der Waals surface area contributed by atoms with Crippen LogP contribution >= 0.6 is 0 Å². The van der Waals surface area contributed by atoms with Gasteiger partial charge in [-0.3, -0.25) is 9.59 Å². The Kier molecular flexibility index (Phi) is 44.1. The molecule has 9 heteroatoms. The molecule has 0 heterocycles. The lowest BCUT2D eigenvalue weighted by molar-refractivity contribution is -0.870. The standard InChI is InChI=1S/C53H101NO8/c1-6-8-10-12-14-16-18-20-22-24-25-26-28-29-31-33-35-37-39-41-43-50(55)60-47-49(48-61-53(52(57)58)59-46-45-54(3,4)5)62-51(56)44-42-40-38-36-34-32-30-27-23-21-19-17-15-13-11-9-7-2/h21,23,49,53H,6-20,22,24-48H2,1-5H3/p+1/b23-21-. The Balaban J connectivity index is 4.29. The average Bonchev–Trinajstić information content (AvgIpc) is 3.23. The second kappa shape index (κ2) is 45.6. The minimum Gasteiger partial charge on any atom is -0.477 e. The maximum absolute atomic E-state index is 12.8. The molecule has 0 aromatic carbocycles. The van der Waals surface area contributed by atoms with Crippen molar-refractivity contribution in [1.82, 2.24) is 0 Å². The average molecular weight is 881 g/mol. The molecule has 0 aromatic rings. The minimum absolute atomic E-state index is 0.177. The summed E-state index contributed by atoms with van der Waals surface area (Å²) < 4.78 is 22.8. The number of carbonyl (C=O) groups excluding carboxylic acids is 2. The Labute approximate surface area is 383 Å². The van der Waals surface area contributed by atoms with E-state index in [1.165, 1.54) is 173 Å². The lowest BCUT2D eigenvalue weighted by Crippen LogP contribution is -2.40. The zero-order valence-electron chi connectivity index (χ0n) is 41.6. The Morgan fingerprint density at radius 2 is 0.823 bits per heavy atom. The molecule has 0 fully saturated rings. The number of aliphatic carboxylic acids is 1. The quantitative estimate of drug-likeness (QED) is 0.0212. The normalized spacial score (nSPS) is 12.9. The number of rotatable bonds is 49. The highest BCUT2D eigenvalue weighted by molar-refractivity contribution is 5.71. The first-order chi connectivity index (χ1) is 30.1. The fraction of sp³-hybridized carbons (Fsp3) is 0.906. The number of likely N-dealkylation sites (N-methyl/N-ethyl adjacent to an activating group) is 1. The van der Waals surface area contributed by atoms with Crippen molar-refractivity contribution >= 4 is 17.9 Å². The van der Waals surface area contributed by atoms with E-state index in [0.717, 1.165) is 51.4 Å². The molecule has 366 valence electrons. The van der Waals surface area contributed by atoms with E-state index in [1.54, 1.807) is 0 Å². The van der Waals surface area contributed by atoms with Crippen LogP contribution in [0.25, 0.3) is 0 Å². The van der Waals surface area contributed by atoms with Crippen LogP contribution in [0.2, 0.25) is 0 Å². The molecule has 0 amide bonds. The molecule has 62 heavy (non-hydrogen) atoms. The minimum atomic E-state index is -1.51. The van der Waals surface area contributed by atoms with Crippen LogP contribution in [0.3, 0.4) is 0 Å². The maximum atomic E-state index is 12.8. The van der Waals surface area contributed by atoms with Crippen molar-refractivity contribution in [2.24, 2.45) is 0 Å². The van der Waals surface area contributed by atoms with E-state index in [2.05, 4.69) is 26.0 Å². The lowest BCUT2D eigenvalue weighted by Gasteiger charge is -2.25. The maximum Gasteiger partial charge on any atom is 0.361 e. The zero-order chi connectivity index (χ0) is 45.6. The number of nitrogens with zero attached hydrogens (tertiary/aromatic N) is 1. The second-order valence-corrected chi connectivity index (χ2v) is 19.2. The summed E-state index contributed by atoms with van der Waals surface area (Å²) >= 11 is 0. The van der Waals surface area contributed by atoms with Gasteiger partial charge in [0.25, 0.3) is 6.29 Å². The number of carboxylic acid groups (broad SMARTS) is 1. The Morgan fingerprint density at radius 1 is 0.468 bits per heavy atom. The van der Waals surface area contributed by atoms with Gasteiger partial charge in [-0.25, -0.2) is 4.79 Å². The third-order valence-corrected chi connectivity index (χ3v) is 11.8. The molecule has 0 bridgehead atoms. The summed E-state index contributed by atoms with van der Waals surface area (Å²) in [6, 6.07) is 0. The van der Waals surface area contributed by atoms with Crippen LogP contribution in [0.4, 0.5) is 0 Å². The fourth-order valence-corrected chi connectivity index (χ4v) is 7.66. The van der Waals surface area contributed by atoms with Gasteiger partial charge in [0.05, 0.1) is 34.4 Å².